The lowest BCUT2D eigenvalue weighted by molar-refractivity contribution is -0.157. The number of amides is 2. The number of hydrogen-bond acceptors (Lipinski definition) is 5. The average molecular weight is 541 g/mol. The highest BCUT2D eigenvalue weighted by Gasteiger charge is 2.67. The van der Waals surface area contributed by atoms with Gasteiger partial charge in [0, 0.05) is 15.2 Å². The fourth-order valence-corrected chi connectivity index (χ4v) is 7.10. The molecule has 1 aromatic carbocycles. The van der Waals surface area contributed by atoms with E-state index in [1.807, 2.05) is 26.0 Å². The zero-order valence-electron chi connectivity index (χ0n) is 16.9. The first-order chi connectivity index (χ1) is 14.1. The van der Waals surface area contributed by atoms with Gasteiger partial charge in [0.2, 0.25) is 17.6 Å². The lowest BCUT2D eigenvalue weighted by atomic mass is 9.81. The van der Waals surface area contributed by atoms with Crippen LogP contribution in [0.1, 0.15) is 34.8 Å². The summed E-state index contributed by atoms with van der Waals surface area (Å²) >= 11 is 7.29. The summed E-state index contributed by atoms with van der Waals surface area (Å²) in [4.78, 5) is 52.5. The van der Waals surface area contributed by atoms with Crippen LogP contribution >= 0.6 is 31.9 Å². The second-order valence-electron chi connectivity index (χ2n) is 8.58. The van der Waals surface area contributed by atoms with Crippen LogP contribution in [0.3, 0.4) is 0 Å². The van der Waals surface area contributed by atoms with Crippen LogP contribution in [0.2, 0.25) is 0 Å². The van der Waals surface area contributed by atoms with E-state index in [0.717, 1.165) is 22.4 Å². The highest BCUT2D eigenvalue weighted by atomic mass is 79.9. The maximum atomic E-state index is 13.0. The Hall–Kier alpha value is -1.54. The Morgan fingerprint density at radius 2 is 1.67 bits per heavy atom. The van der Waals surface area contributed by atoms with Crippen molar-refractivity contribution < 1.29 is 23.9 Å². The van der Waals surface area contributed by atoms with Crippen LogP contribution in [-0.2, 0) is 19.1 Å². The predicted molar refractivity (Wildman–Crippen MR) is 117 cm³/mol. The summed E-state index contributed by atoms with van der Waals surface area (Å²) < 4.78 is 5.20. The molecule has 0 N–H and O–H groups in total. The van der Waals surface area contributed by atoms with Crippen molar-refractivity contribution in [1.82, 2.24) is 4.90 Å². The fourth-order valence-electron chi connectivity index (χ4n) is 5.23. The molecule has 3 aliphatic rings. The van der Waals surface area contributed by atoms with Crippen molar-refractivity contribution in [3.05, 3.63) is 34.9 Å². The summed E-state index contributed by atoms with van der Waals surface area (Å²) in [6.45, 7) is 4.77. The minimum Gasteiger partial charge on any atom is -0.456 e. The molecule has 3 fully saturated rings. The molecular formula is C22H23Br2NO5. The molecule has 1 aliphatic heterocycles. The number of carbonyl (C=O) groups is 4. The molecule has 8 heteroatoms. The number of fused-ring (bicyclic) bond motifs is 5. The monoisotopic (exact) mass is 539 g/mol. The Balaban J connectivity index is 1.43. The quantitative estimate of drug-likeness (QED) is 0.248. The Kier molecular flexibility index (Phi) is 5.68. The number of ether oxygens (including phenoxy) is 1. The number of ketones is 1. The van der Waals surface area contributed by atoms with Crippen molar-refractivity contribution >= 4 is 55.4 Å². The van der Waals surface area contributed by atoms with Gasteiger partial charge in [0.25, 0.3) is 0 Å². The Bertz CT molecular complexity index is 915. The second kappa shape index (κ2) is 7.86. The van der Waals surface area contributed by atoms with E-state index in [2.05, 4.69) is 31.9 Å². The van der Waals surface area contributed by atoms with Gasteiger partial charge in [-0.05, 0) is 50.7 Å². The van der Waals surface area contributed by atoms with Gasteiger partial charge in [0.1, 0.15) is 6.04 Å². The number of benzene rings is 1. The summed E-state index contributed by atoms with van der Waals surface area (Å²) in [6, 6.07) is 4.45. The van der Waals surface area contributed by atoms with Crippen molar-refractivity contribution in [2.24, 2.45) is 23.7 Å². The number of Topliss-reactive ketones (excluding diaryl/α,β-unsaturated/α-hetero) is 1. The van der Waals surface area contributed by atoms with Gasteiger partial charge in [0.15, 0.2) is 6.61 Å². The number of carbonyl (C=O) groups excluding carboxylic acids is 4. The number of rotatable bonds is 5. The van der Waals surface area contributed by atoms with Gasteiger partial charge in [-0.25, -0.2) is 4.79 Å². The van der Waals surface area contributed by atoms with Crippen LogP contribution in [0.4, 0.5) is 0 Å². The molecule has 2 amide bonds. The number of esters is 1. The van der Waals surface area contributed by atoms with E-state index >= 15 is 0 Å². The molecule has 2 saturated carbocycles. The van der Waals surface area contributed by atoms with Gasteiger partial charge in [-0.1, -0.05) is 49.6 Å². The lowest BCUT2D eigenvalue weighted by Crippen LogP contribution is -2.45. The molecule has 6 nitrogen and oxygen atoms in total. The summed E-state index contributed by atoms with van der Waals surface area (Å²) in [5.41, 5.74) is 2.24. The van der Waals surface area contributed by atoms with Gasteiger partial charge < -0.3 is 4.74 Å². The minimum absolute atomic E-state index is 0.0833. The van der Waals surface area contributed by atoms with E-state index in [9.17, 15) is 19.2 Å². The zero-order valence-corrected chi connectivity index (χ0v) is 20.1. The fraction of sp³-hybridized carbons (Fsp3) is 0.545. The van der Waals surface area contributed by atoms with Crippen LogP contribution in [0.5, 0.6) is 0 Å². The molecule has 0 spiro atoms. The van der Waals surface area contributed by atoms with Crippen LogP contribution in [0, 0.1) is 37.5 Å². The Morgan fingerprint density at radius 1 is 1.10 bits per heavy atom. The summed E-state index contributed by atoms with van der Waals surface area (Å²) in [7, 11) is 0. The summed E-state index contributed by atoms with van der Waals surface area (Å²) in [6.07, 6.45) is 0.829. The molecule has 1 aromatic rings. The number of imide groups is 1. The number of hydrogen-bond donors (Lipinski definition) is 0. The smallest absolute Gasteiger partial charge is 0.329 e. The highest BCUT2D eigenvalue weighted by Crippen LogP contribution is 2.60. The van der Waals surface area contributed by atoms with Gasteiger partial charge in [-0.2, -0.15) is 0 Å². The van der Waals surface area contributed by atoms with Crippen LogP contribution < -0.4 is 0 Å². The van der Waals surface area contributed by atoms with E-state index < -0.39 is 18.6 Å². The van der Waals surface area contributed by atoms with E-state index in [1.165, 1.54) is 6.92 Å². The largest absolute Gasteiger partial charge is 0.456 e. The molecule has 2 aliphatic carbocycles. The molecule has 160 valence electrons. The van der Waals surface area contributed by atoms with E-state index in [1.54, 1.807) is 6.07 Å². The third-order valence-electron chi connectivity index (χ3n) is 6.79. The van der Waals surface area contributed by atoms with Crippen molar-refractivity contribution in [1.29, 1.82) is 0 Å². The molecule has 2 bridgehead atoms. The van der Waals surface area contributed by atoms with E-state index in [-0.39, 0.29) is 50.9 Å². The Morgan fingerprint density at radius 3 is 2.23 bits per heavy atom. The van der Waals surface area contributed by atoms with Crippen molar-refractivity contribution in [3.8, 4) is 0 Å². The van der Waals surface area contributed by atoms with Crippen LogP contribution in [0.25, 0.3) is 0 Å². The van der Waals surface area contributed by atoms with Crippen molar-refractivity contribution in [2.75, 3.05) is 6.61 Å². The standard InChI is InChI=1S/C22H23Br2NO5/c1-9-4-5-10(2)12(6-9)15(26)8-30-22(29)11(3)25-20(27)16-13-7-14(17(16)21(25)28)19(24)18(13)23/h4-6,11,13-14,16-19H,7-8H2,1-3H3/t11-,13+,14+,16-,17+,18-,19-/m0/s1. The summed E-state index contributed by atoms with van der Waals surface area (Å²) in [5.74, 6) is -2.25. The zero-order chi connectivity index (χ0) is 21.9. The van der Waals surface area contributed by atoms with Gasteiger partial charge >= 0.3 is 5.97 Å². The van der Waals surface area contributed by atoms with Crippen LogP contribution in [-0.4, -0.2) is 50.8 Å². The summed E-state index contributed by atoms with van der Waals surface area (Å²) in [5, 5.41) is 0. The molecule has 0 aromatic heterocycles. The van der Waals surface area contributed by atoms with Crippen LogP contribution in [0.15, 0.2) is 18.2 Å². The first kappa shape index (κ1) is 21.7. The second-order valence-corrected chi connectivity index (χ2v) is 10.7. The molecule has 0 radical (unpaired) electrons. The maximum absolute atomic E-state index is 13.0. The van der Waals surface area contributed by atoms with E-state index in [0.29, 0.717) is 5.56 Å². The third kappa shape index (κ3) is 3.27. The third-order valence-corrected chi connectivity index (χ3v) is 10.00. The first-order valence-corrected chi connectivity index (χ1v) is 11.9. The SMILES string of the molecule is Cc1ccc(C)c(C(=O)COC(=O)[C@H](C)N2C(=O)[C@@H]3[C@H]4C[C@@H]([C@H](Br)[C@H]4Br)[C@@H]3C2=O)c1. The molecule has 1 saturated heterocycles. The molecule has 30 heavy (non-hydrogen) atoms. The van der Waals surface area contributed by atoms with Gasteiger partial charge in [-0.15, -0.1) is 0 Å². The predicted octanol–water partition coefficient (Wildman–Crippen LogP) is 3.20. The number of halogens is 2. The van der Waals surface area contributed by atoms with Crippen molar-refractivity contribution in [3.63, 3.8) is 0 Å². The van der Waals surface area contributed by atoms with E-state index in [4.69, 9.17) is 4.74 Å². The number of alkyl halides is 2. The minimum atomic E-state index is -1.05. The Labute approximate surface area is 192 Å². The molecule has 1 heterocycles. The molecule has 7 atom stereocenters. The van der Waals surface area contributed by atoms with Gasteiger partial charge in [0.05, 0.1) is 11.8 Å². The average Bonchev–Trinajstić information content (AvgIpc) is 3.32. The van der Waals surface area contributed by atoms with Gasteiger partial charge in [-0.3, -0.25) is 19.3 Å². The number of nitrogens with zero attached hydrogens (tertiary/aromatic N) is 1. The number of aryl methyl sites for hydroxylation is 2. The lowest BCUT2D eigenvalue weighted by Gasteiger charge is -2.28. The molecule has 0 unspecified atom stereocenters. The molecular weight excluding hydrogens is 518 g/mol. The molecule has 4 rings (SSSR count). The first-order valence-electron chi connectivity index (χ1n) is 10.1. The number of likely N-dealkylation sites (tertiary alicyclic amines) is 1. The van der Waals surface area contributed by atoms with Crippen molar-refractivity contribution in [2.45, 2.75) is 42.9 Å². The topological polar surface area (TPSA) is 80.8 Å². The highest BCUT2D eigenvalue weighted by molar-refractivity contribution is 9.12. The maximum Gasteiger partial charge on any atom is 0.329 e. The normalized spacial score (nSPS) is 33.0.